The number of azide groups is 1. The van der Waals surface area contributed by atoms with Gasteiger partial charge in [-0.1, -0.05) is 5.11 Å². The van der Waals surface area contributed by atoms with Crippen molar-refractivity contribution in [2.24, 2.45) is 5.11 Å². The van der Waals surface area contributed by atoms with Crippen molar-refractivity contribution in [1.82, 2.24) is 5.32 Å². The van der Waals surface area contributed by atoms with Gasteiger partial charge in [-0.05, 0) is 5.53 Å². The van der Waals surface area contributed by atoms with Gasteiger partial charge in [-0.2, -0.15) is 0 Å². The van der Waals surface area contributed by atoms with Gasteiger partial charge in [0.25, 0.3) is 0 Å². The van der Waals surface area contributed by atoms with Crippen LogP contribution in [-0.2, 0) is 9.59 Å². The Morgan fingerprint density at radius 2 is 2.00 bits per heavy atom. The summed E-state index contributed by atoms with van der Waals surface area (Å²) in [6.45, 7) is -1.40. The number of nitrogens with one attached hydrogen (secondary N) is 1. The largest absolute Gasteiger partial charge is 0.394 e. The molecule has 0 rings (SSSR count). The van der Waals surface area contributed by atoms with E-state index in [1.54, 1.807) is 0 Å². The highest BCUT2D eigenvalue weighted by molar-refractivity contribution is 5.81. The molecule has 0 radical (unpaired) electrons. The Morgan fingerprint density at radius 3 is 2.44 bits per heavy atom. The Hall–Kier alpha value is -1.71. The number of aldehydes is 1. The van der Waals surface area contributed by atoms with Gasteiger partial charge in [0.05, 0.1) is 6.61 Å². The van der Waals surface area contributed by atoms with Crippen molar-refractivity contribution < 1.29 is 30.0 Å². The number of amides is 1. The molecule has 4 atom stereocenters. The zero-order valence-electron chi connectivity index (χ0n) is 9.25. The van der Waals surface area contributed by atoms with Gasteiger partial charge >= 0.3 is 0 Å². The molecule has 0 aromatic heterocycles. The van der Waals surface area contributed by atoms with Crippen LogP contribution in [-0.4, -0.2) is 70.1 Å². The van der Waals surface area contributed by atoms with Crippen LogP contribution in [0.1, 0.15) is 0 Å². The molecule has 0 saturated carbocycles. The monoisotopic (exact) mass is 262 g/mol. The molecule has 0 heterocycles. The molecule has 10 heteroatoms. The van der Waals surface area contributed by atoms with E-state index >= 15 is 0 Å². The van der Waals surface area contributed by atoms with Crippen LogP contribution < -0.4 is 5.32 Å². The minimum atomic E-state index is -1.81. The lowest BCUT2D eigenvalue weighted by atomic mass is 10.0. The predicted octanol–water partition coefficient (Wildman–Crippen LogP) is -2.94. The molecule has 5 N–H and O–H groups in total. The molecule has 0 aliphatic heterocycles. The van der Waals surface area contributed by atoms with Crippen molar-refractivity contribution in [2.45, 2.75) is 24.4 Å². The van der Waals surface area contributed by atoms with Crippen molar-refractivity contribution in [2.75, 3.05) is 13.2 Å². The fourth-order valence-corrected chi connectivity index (χ4v) is 1.08. The molecule has 1 amide bonds. The molecule has 0 unspecified atom stereocenters. The minimum absolute atomic E-state index is 0.145. The lowest BCUT2D eigenvalue weighted by molar-refractivity contribution is -0.130. The quantitative estimate of drug-likeness (QED) is 0.135. The van der Waals surface area contributed by atoms with Gasteiger partial charge in [-0.15, -0.1) is 0 Å². The maximum Gasteiger partial charge on any atom is 0.226 e. The highest BCUT2D eigenvalue weighted by atomic mass is 16.4. The third-order valence-corrected chi connectivity index (χ3v) is 2.05. The SMILES string of the molecule is [N-]=[N+]=NCC(=O)N[C@@H](C=O)[C@@H](O)[C@H](O)[C@H](O)CO. The average molecular weight is 262 g/mol. The molecule has 0 aliphatic carbocycles. The summed E-state index contributed by atoms with van der Waals surface area (Å²) in [5.41, 5.74) is 7.97. The number of carbonyl (C=O) groups is 2. The maximum atomic E-state index is 11.1. The van der Waals surface area contributed by atoms with Gasteiger partial charge in [-0.3, -0.25) is 4.79 Å². The molecule has 0 saturated heterocycles. The van der Waals surface area contributed by atoms with Crippen molar-refractivity contribution in [3.8, 4) is 0 Å². The normalized spacial score (nSPS) is 16.9. The Labute approximate surface area is 101 Å². The van der Waals surface area contributed by atoms with Gasteiger partial charge in [0, 0.05) is 4.91 Å². The van der Waals surface area contributed by atoms with Crippen LogP contribution in [0.5, 0.6) is 0 Å². The Balaban J connectivity index is 4.52. The molecule has 18 heavy (non-hydrogen) atoms. The minimum Gasteiger partial charge on any atom is -0.394 e. The molecule has 10 nitrogen and oxygen atoms in total. The number of nitrogens with zero attached hydrogens (tertiary/aromatic N) is 3. The van der Waals surface area contributed by atoms with E-state index in [1.807, 2.05) is 5.32 Å². The first-order valence-corrected chi connectivity index (χ1v) is 4.88. The predicted molar refractivity (Wildman–Crippen MR) is 57.1 cm³/mol. The highest BCUT2D eigenvalue weighted by Gasteiger charge is 2.31. The van der Waals surface area contributed by atoms with E-state index in [-0.39, 0.29) is 6.29 Å². The van der Waals surface area contributed by atoms with Crippen LogP contribution in [0, 0.1) is 0 Å². The molecular weight excluding hydrogens is 248 g/mol. The first-order valence-electron chi connectivity index (χ1n) is 4.88. The Morgan fingerprint density at radius 1 is 1.39 bits per heavy atom. The summed E-state index contributed by atoms with van der Waals surface area (Å²) in [4.78, 5) is 24.1. The van der Waals surface area contributed by atoms with E-state index in [1.165, 1.54) is 0 Å². The van der Waals surface area contributed by atoms with Crippen molar-refractivity contribution in [3.63, 3.8) is 0 Å². The smallest absolute Gasteiger partial charge is 0.226 e. The van der Waals surface area contributed by atoms with Gasteiger partial charge < -0.3 is 30.5 Å². The van der Waals surface area contributed by atoms with E-state index in [0.717, 1.165) is 0 Å². The Bertz CT molecular complexity index is 332. The zero-order chi connectivity index (χ0) is 14.1. The maximum absolute atomic E-state index is 11.1. The third kappa shape index (κ3) is 5.08. The number of aliphatic hydroxyl groups excluding tert-OH is 4. The van der Waals surface area contributed by atoms with Crippen LogP contribution in [0.25, 0.3) is 10.4 Å². The van der Waals surface area contributed by atoms with E-state index in [9.17, 15) is 19.8 Å². The summed E-state index contributed by atoms with van der Waals surface area (Å²) in [6.07, 6.45) is -5.13. The van der Waals surface area contributed by atoms with Gasteiger partial charge in [0.1, 0.15) is 37.2 Å². The summed E-state index contributed by atoms with van der Waals surface area (Å²) in [5.74, 6) is -0.838. The molecule has 102 valence electrons. The lowest BCUT2D eigenvalue weighted by Gasteiger charge is -2.26. The zero-order valence-corrected chi connectivity index (χ0v) is 9.25. The summed E-state index contributed by atoms with van der Waals surface area (Å²) in [7, 11) is 0. The van der Waals surface area contributed by atoms with E-state index in [0.29, 0.717) is 0 Å². The molecule has 0 spiro atoms. The fraction of sp³-hybridized carbons (Fsp3) is 0.750. The summed E-state index contributed by atoms with van der Waals surface area (Å²) >= 11 is 0. The van der Waals surface area contributed by atoms with Crippen LogP contribution in [0.2, 0.25) is 0 Å². The number of aliphatic hydroxyl groups is 4. The molecule has 0 aromatic rings. The van der Waals surface area contributed by atoms with Crippen molar-refractivity contribution >= 4 is 12.2 Å². The highest BCUT2D eigenvalue weighted by Crippen LogP contribution is 2.03. The lowest BCUT2D eigenvalue weighted by Crippen LogP contribution is -2.53. The van der Waals surface area contributed by atoms with Crippen molar-refractivity contribution in [1.29, 1.82) is 0 Å². The standard InChI is InChI=1S/C8H14N4O6/c9-12-10-1-6(16)11-4(2-13)7(17)8(18)5(15)3-14/h2,4-5,7-8,14-15,17-18H,1,3H2,(H,11,16)/t4-,5+,7+,8+/m0/s1. The summed E-state index contributed by atoms with van der Waals surface area (Å²) < 4.78 is 0. The van der Waals surface area contributed by atoms with Gasteiger partial charge in [0.15, 0.2) is 0 Å². The first kappa shape index (κ1) is 16.3. The van der Waals surface area contributed by atoms with E-state index < -0.39 is 43.4 Å². The number of hydrogen-bond acceptors (Lipinski definition) is 7. The van der Waals surface area contributed by atoms with Crippen LogP contribution >= 0.6 is 0 Å². The van der Waals surface area contributed by atoms with Gasteiger partial charge in [-0.25, -0.2) is 0 Å². The second kappa shape index (κ2) is 8.39. The van der Waals surface area contributed by atoms with E-state index in [4.69, 9.17) is 15.7 Å². The molecule has 0 aromatic carbocycles. The number of carbonyl (C=O) groups excluding carboxylic acids is 2. The molecular formula is C8H14N4O6. The fourth-order valence-electron chi connectivity index (χ4n) is 1.08. The van der Waals surface area contributed by atoms with Crippen LogP contribution in [0.4, 0.5) is 0 Å². The van der Waals surface area contributed by atoms with Crippen LogP contribution in [0.15, 0.2) is 5.11 Å². The number of rotatable bonds is 8. The second-order valence-corrected chi connectivity index (χ2v) is 3.35. The summed E-state index contributed by atoms with van der Waals surface area (Å²) in [5, 5.41) is 41.3. The molecule has 0 fully saturated rings. The Kier molecular flexibility index (Phi) is 7.59. The summed E-state index contributed by atoms with van der Waals surface area (Å²) in [6, 6.07) is -1.50. The topological polar surface area (TPSA) is 176 Å². The van der Waals surface area contributed by atoms with Crippen LogP contribution in [0.3, 0.4) is 0 Å². The first-order chi connectivity index (χ1) is 8.47. The molecule has 0 aliphatic rings. The third-order valence-electron chi connectivity index (χ3n) is 2.05. The van der Waals surface area contributed by atoms with E-state index in [2.05, 4.69) is 10.0 Å². The van der Waals surface area contributed by atoms with Gasteiger partial charge in [0.2, 0.25) is 5.91 Å². The van der Waals surface area contributed by atoms with Crippen molar-refractivity contribution in [3.05, 3.63) is 10.4 Å². The second-order valence-electron chi connectivity index (χ2n) is 3.35. The average Bonchev–Trinajstić information content (AvgIpc) is 2.39. The molecule has 0 bridgehead atoms. The number of hydrogen-bond donors (Lipinski definition) is 5.